The lowest BCUT2D eigenvalue weighted by Crippen LogP contribution is -2.28. The predicted molar refractivity (Wildman–Crippen MR) is 94.4 cm³/mol. The summed E-state index contributed by atoms with van der Waals surface area (Å²) in [6.45, 7) is 0. The summed E-state index contributed by atoms with van der Waals surface area (Å²) in [5, 5.41) is 5.21. The van der Waals surface area contributed by atoms with Gasteiger partial charge >= 0.3 is 0 Å². The minimum atomic E-state index is -0.246. The average molecular weight is 405 g/mol. The number of fused-ring (bicyclic) bond motifs is 5. The summed E-state index contributed by atoms with van der Waals surface area (Å²) < 4.78 is 11.3. The molecule has 1 aliphatic heterocycles. The van der Waals surface area contributed by atoms with Crippen molar-refractivity contribution in [2.45, 2.75) is 6.42 Å². The van der Waals surface area contributed by atoms with Gasteiger partial charge in [-0.3, -0.25) is 9.59 Å². The molecule has 2 amide bonds. The number of allylic oxidation sites excluding steroid dienone is 2. The fourth-order valence-corrected chi connectivity index (χ4v) is 4.63. The Hall–Kier alpha value is -2.15. The van der Waals surface area contributed by atoms with Crippen molar-refractivity contribution < 1.29 is 19.1 Å². The highest BCUT2D eigenvalue weighted by Gasteiger charge is 2.59. The van der Waals surface area contributed by atoms with Gasteiger partial charge in [0.1, 0.15) is 11.5 Å². The lowest BCUT2D eigenvalue weighted by molar-refractivity contribution is -0.140. The van der Waals surface area contributed by atoms with Gasteiger partial charge in [-0.1, -0.05) is 12.2 Å². The maximum absolute atomic E-state index is 12.6. The first-order valence-electron chi connectivity index (χ1n) is 8.06. The maximum Gasteiger partial charge on any atom is 0.254 e. The zero-order valence-corrected chi connectivity index (χ0v) is 15.4. The van der Waals surface area contributed by atoms with Crippen molar-refractivity contribution in [2.75, 3.05) is 14.2 Å². The Labute approximate surface area is 153 Å². The van der Waals surface area contributed by atoms with E-state index < -0.39 is 0 Å². The van der Waals surface area contributed by atoms with Crippen LogP contribution in [0.1, 0.15) is 12.0 Å². The fraction of sp³-hybridized carbons (Fsp3) is 0.389. The second kappa shape index (κ2) is 5.98. The molecular formula is C18H17BrN2O4. The van der Waals surface area contributed by atoms with Gasteiger partial charge in [-0.2, -0.15) is 10.1 Å². The summed E-state index contributed by atoms with van der Waals surface area (Å²) in [5.41, 5.74) is 0.647. The third-order valence-electron chi connectivity index (χ3n) is 5.26. The molecule has 3 aliphatic rings. The van der Waals surface area contributed by atoms with Crippen molar-refractivity contribution >= 4 is 34.0 Å². The van der Waals surface area contributed by atoms with Crippen LogP contribution in [0.4, 0.5) is 0 Å². The number of ether oxygens (including phenoxy) is 2. The first-order chi connectivity index (χ1) is 12.0. The molecule has 7 heteroatoms. The van der Waals surface area contributed by atoms with Crippen LogP contribution in [0.25, 0.3) is 0 Å². The molecule has 25 heavy (non-hydrogen) atoms. The zero-order chi connectivity index (χ0) is 17.7. The molecule has 1 saturated carbocycles. The number of carbonyl (C=O) groups excluding carboxylic acids is 2. The van der Waals surface area contributed by atoms with Crippen LogP contribution in [0.3, 0.4) is 0 Å². The molecule has 1 aromatic rings. The predicted octanol–water partition coefficient (Wildman–Crippen LogP) is 2.61. The van der Waals surface area contributed by atoms with Crippen LogP contribution in [-0.2, 0) is 9.59 Å². The standard InChI is InChI=1S/C18H17BrN2O4/c1-24-13-7-14(25-2)12(19)6-11(13)8-20-21-17(22)15-9-3-4-10(5-9)16(15)18(21)23/h3-4,6-10,15-16H,5H2,1-2H3. The molecule has 0 radical (unpaired) electrons. The number of hydrogen-bond acceptors (Lipinski definition) is 5. The highest BCUT2D eigenvalue weighted by Crippen LogP contribution is 2.52. The second-order valence-corrected chi connectivity index (χ2v) is 7.32. The first-order valence-corrected chi connectivity index (χ1v) is 8.86. The molecular weight excluding hydrogens is 388 g/mol. The lowest BCUT2D eigenvalue weighted by Gasteiger charge is -2.13. The minimum Gasteiger partial charge on any atom is -0.496 e. The van der Waals surface area contributed by atoms with Crippen LogP contribution in [-0.4, -0.2) is 37.3 Å². The largest absolute Gasteiger partial charge is 0.496 e. The number of nitrogens with zero attached hydrogens (tertiary/aromatic N) is 2. The number of methoxy groups -OCH3 is 2. The Kier molecular flexibility index (Phi) is 3.91. The molecule has 0 aromatic heterocycles. The number of hydrogen-bond donors (Lipinski definition) is 0. The number of benzene rings is 1. The molecule has 1 aromatic carbocycles. The van der Waals surface area contributed by atoms with Gasteiger partial charge in [0.15, 0.2) is 0 Å². The van der Waals surface area contributed by atoms with E-state index in [-0.39, 0.29) is 35.5 Å². The quantitative estimate of drug-likeness (QED) is 0.439. The molecule has 0 N–H and O–H groups in total. The number of rotatable bonds is 4. The molecule has 2 aliphatic carbocycles. The number of carbonyl (C=O) groups is 2. The van der Waals surface area contributed by atoms with E-state index in [1.807, 2.05) is 0 Å². The van der Waals surface area contributed by atoms with E-state index in [2.05, 4.69) is 33.2 Å². The number of hydrazone groups is 1. The van der Waals surface area contributed by atoms with E-state index >= 15 is 0 Å². The molecule has 2 fully saturated rings. The van der Waals surface area contributed by atoms with E-state index in [4.69, 9.17) is 9.47 Å². The average Bonchev–Trinajstić information content (AvgIpc) is 3.28. The summed E-state index contributed by atoms with van der Waals surface area (Å²) in [5.74, 6) is 0.634. The molecule has 2 bridgehead atoms. The van der Waals surface area contributed by atoms with Gasteiger partial charge in [0.25, 0.3) is 11.8 Å². The van der Waals surface area contributed by atoms with E-state index in [1.165, 1.54) is 6.21 Å². The highest BCUT2D eigenvalue weighted by atomic mass is 79.9. The van der Waals surface area contributed by atoms with Crippen LogP contribution in [0.5, 0.6) is 11.5 Å². The molecule has 4 atom stereocenters. The lowest BCUT2D eigenvalue weighted by atomic mass is 9.85. The minimum absolute atomic E-state index is 0.177. The van der Waals surface area contributed by atoms with Crippen molar-refractivity contribution in [3.63, 3.8) is 0 Å². The summed E-state index contributed by atoms with van der Waals surface area (Å²) in [6.07, 6.45) is 6.51. The summed E-state index contributed by atoms with van der Waals surface area (Å²) in [4.78, 5) is 25.3. The molecule has 1 saturated heterocycles. The van der Waals surface area contributed by atoms with Gasteiger partial charge in [0, 0.05) is 11.6 Å². The Morgan fingerprint density at radius 1 is 1.08 bits per heavy atom. The highest BCUT2D eigenvalue weighted by molar-refractivity contribution is 9.10. The second-order valence-electron chi connectivity index (χ2n) is 6.46. The summed E-state index contributed by atoms with van der Waals surface area (Å²) in [6, 6.07) is 3.50. The molecule has 4 rings (SSSR count). The summed E-state index contributed by atoms with van der Waals surface area (Å²) >= 11 is 3.41. The van der Waals surface area contributed by atoms with Crippen molar-refractivity contribution in [1.82, 2.24) is 5.01 Å². The summed E-state index contributed by atoms with van der Waals surface area (Å²) in [7, 11) is 3.11. The van der Waals surface area contributed by atoms with Gasteiger partial charge in [0.2, 0.25) is 0 Å². The van der Waals surface area contributed by atoms with Crippen molar-refractivity contribution in [2.24, 2.45) is 28.8 Å². The van der Waals surface area contributed by atoms with E-state index in [1.54, 1.807) is 26.4 Å². The Morgan fingerprint density at radius 3 is 2.24 bits per heavy atom. The third kappa shape index (κ3) is 2.40. The van der Waals surface area contributed by atoms with Gasteiger partial charge in [0.05, 0.1) is 36.7 Å². The van der Waals surface area contributed by atoms with Crippen LogP contribution < -0.4 is 9.47 Å². The fourth-order valence-electron chi connectivity index (χ4n) is 4.10. The third-order valence-corrected chi connectivity index (χ3v) is 5.88. The monoisotopic (exact) mass is 404 g/mol. The number of amides is 2. The smallest absolute Gasteiger partial charge is 0.254 e. The first kappa shape index (κ1) is 16.3. The zero-order valence-electron chi connectivity index (χ0n) is 13.8. The van der Waals surface area contributed by atoms with Crippen molar-refractivity contribution in [1.29, 1.82) is 0 Å². The van der Waals surface area contributed by atoms with E-state index in [0.29, 0.717) is 17.1 Å². The maximum atomic E-state index is 12.6. The molecule has 130 valence electrons. The Morgan fingerprint density at radius 2 is 1.68 bits per heavy atom. The van der Waals surface area contributed by atoms with Crippen LogP contribution in [0.15, 0.2) is 33.9 Å². The van der Waals surface area contributed by atoms with Crippen molar-refractivity contribution in [3.8, 4) is 11.5 Å². The topological polar surface area (TPSA) is 68.2 Å². The Bertz CT molecular complexity index is 790. The normalized spacial score (nSPS) is 29.8. The molecule has 4 unspecified atom stereocenters. The van der Waals surface area contributed by atoms with Crippen molar-refractivity contribution in [3.05, 3.63) is 34.3 Å². The molecule has 1 heterocycles. The van der Waals surface area contributed by atoms with Gasteiger partial charge in [-0.25, -0.2) is 0 Å². The Balaban J connectivity index is 1.62. The van der Waals surface area contributed by atoms with Gasteiger partial charge in [-0.15, -0.1) is 0 Å². The van der Waals surface area contributed by atoms with Crippen LogP contribution >= 0.6 is 15.9 Å². The van der Waals surface area contributed by atoms with Gasteiger partial charge in [-0.05, 0) is 40.3 Å². The van der Waals surface area contributed by atoms with Crippen LogP contribution in [0.2, 0.25) is 0 Å². The SMILES string of the molecule is COc1cc(OC)c(C=NN2C(=O)C3C4C=CC(C4)C3C2=O)cc1Br. The van der Waals surface area contributed by atoms with E-state index in [0.717, 1.165) is 15.9 Å². The number of halogens is 1. The molecule has 6 nitrogen and oxygen atoms in total. The van der Waals surface area contributed by atoms with Crippen LogP contribution in [0, 0.1) is 23.7 Å². The molecule has 0 spiro atoms. The van der Waals surface area contributed by atoms with E-state index in [9.17, 15) is 9.59 Å². The van der Waals surface area contributed by atoms with Gasteiger partial charge < -0.3 is 9.47 Å². The number of imide groups is 1.